The fourth-order valence-corrected chi connectivity index (χ4v) is 0.976. The SMILES string of the molecule is CCC(C)(CN)C(=O)NCC(C)(C)OC. The van der Waals surface area contributed by atoms with Gasteiger partial charge in [-0.2, -0.15) is 0 Å². The van der Waals surface area contributed by atoms with E-state index in [-0.39, 0.29) is 11.5 Å². The highest BCUT2D eigenvalue weighted by atomic mass is 16.5. The predicted octanol–water partition coefficient (Wildman–Crippen LogP) is 0.903. The quantitative estimate of drug-likeness (QED) is 0.693. The smallest absolute Gasteiger partial charge is 0.227 e. The average molecular weight is 216 g/mol. The Labute approximate surface area is 92.6 Å². The van der Waals surface area contributed by atoms with E-state index < -0.39 is 5.41 Å². The van der Waals surface area contributed by atoms with Gasteiger partial charge in [0.05, 0.1) is 11.0 Å². The Bertz CT molecular complexity index is 211. The van der Waals surface area contributed by atoms with Crippen molar-refractivity contribution in [2.24, 2.45) is 11.1 Å². The van der Waals surface area contributed by atoms with Gasteiger partial charge in [-0.15, -0.1) is 0 Å². The van der Waals surface area contributed by atoms with Gasteiger partial charge in [-0.3, -0.25) is 4.79 Å². The molecule has 0 saturated heterocycles. The molecule has 0 fully saturated rings. The summed E-state index contributed by atoms with van der Waals surface area (Å²) >= 11 is 0. The van der Waals surface area contributed by atoms with E-state index >= 15 is 0 Å². The molecule has 0 heterocycles. The Morgan fingerprint density at radius 2 is 1.93 bits per heavy atom. The molecule has 15 heavy (non-hydrogen) atoms. The number of nitrogens with two attached hydrogens (primary N) is 1. The first-order valence-corrected chi connectivity index (χ1v) is 5.35. The summed E-state index contributed by atoms with van der Waals surface area (Å²) in [6.07, 6.45) is 0.739. The summed E-state index contributed by atoms with van der Waals surface area (Å²) in [5.74, 6) is -0.00220. The molecule has 4 heteroatoms. The lowest BCUT2D eigenvalue weighted by molar-refractivity contribution is -0.131. The van der Waals surface area contributed by atoms with Crippen LogP contribution in [0.3, 0.4) is 0 Å². The average Bonchev–Trinajstić information content (AvgIpc) is 2.24. The van der Waals surface area contributed by atoms with Crippen molar-refractivity contribution in [3.05, 3.63) is 0 Å². The van der Waals surface area contributed by atoms with Gasteiger partial charge in [0.15, 0.2) is 0 Å². The Kier molecular flexibility index (Phi) is 5.24. The van der Waals surface area contributed by atoms with Crippen LogP contribution in [0.4, 0.5) is 0 Å². The van der Waals surface area contributed by atoms with Crippen molar-refractivity contribution in [3.8, 4) is 0 Å². The molecule has 0 rings (SSSR count). The largest absolute Gasteiger partial charge is 0.377 e. The van der Waals surface area contributed by atoms with Gasteiger partial charge in [-0.1, -0.05) is 6.92 Å². The van der Waals surface area contributed by atoms with E-state index in [1.165, 1.54) is 0 Å². The van der Waals surface area contributed by atoms with E-state index in [9.17, 15) is 4.79 Å². The number of nitrogens with one attached hydrogen (secondary N) is 1. The van der Waals surface area contributed by atoms with E-state index in [1.54, 1.807) is 7.11 Å². The first-order valence-electron chi connectivity index (χ1n) is 5.35. The van der Waals surface area contributed by atoms with Crippen LogP contribution in [0.1, 0.15) is 34.1 Å². The van der Waals surface area contributed by atoms with E-state index in [1.807, 2.05) is 27.7 Å². The van der Waals surface area contributed by atoms with Gasteiger partial charge in [0.25, 0.3) is 0 Å². The number of carbonyl (C=O) groups is 1. The lowest BCUT2D eigenvalue weighted by atomic mass is 9.86. The van der Waals surface area contributed by atoms with Crippen molar-refractivity contribution in [1.29, 1.82) is 0 Å². The molecule has 4 nitrogen and oxygen atoms in total. The standard InChI is InChI=1S/C11H24N2O2/c1-6-11(4,7-12)9(14)13-8-10(2,3)15-5/h6-8,12H2,1-5H3,(H,13,14). The van der Waals surface area contributed by atoms with Crippen LogP contribution in [0.25, 0.3) is 0 Å². The first-order chi connectivity index (χ1) is 6.81. The molecule has 0 aliphatic heterocycles. The monoisotopic (exact) mass is 216 g/mol. The Balaban J connectivity index is 4.26. The number of methoxy groups -OCH3 is 1. The van der Waals surface area contributed by atoms with Crippen molar-refractivity contribution in [2.75, 3.05) is 20.2 Å². The second-order valence-electron chi connectivity index (χ2n) is 4.76. The van der Waals surface area contributed by atoms with Crippen LogP contribution >= 0.6 is 0 Å². The molecule has 0 aromatic rings. The van der Waals surface area contributed by atoms with Gasteiger partial charge in [0, 0.05) is 20.2 Å². The number of hydrogen-bond acceptors (Lipinski definition) is 3. The Hall–Kier alpha value is -0.610. The predicted molar refractivity (Wildman–Crippen MR) is 61.6 cm³/mol. The normalized spacial score (nSPS) is 15.9. The van der Waals surface area contributed by atoms with E-state index in [2.05, 4.69) is 5.32 Å². The Morgan fingerprint density at radius 1 is 1.40 bits per heavy atom. The van der Waals surface area contributed by atoms with E-state index in [4.69, 9.17) is 10.5 Å². The fraction of sp³-hybridized carbons (Fsp3) is 0.909. The van der Waals surface area contributed by atoms with Crippen LogP contribution in [0, 0.1) is 5.41 Å². The van der Waals surface area contributed by atoms with Gasteiger partial charge in [0.2, 0.25) is 5.91 Å². The molecule has 0 aliphatic carbocycles. The van der Waals surface area contributed by atoms with Crippen LogP contribution in [0.5, 0.6) is 0 Å². The molecule has 1 unspecified atom stereocenters. The minimum Gasteiger partial charge on any atom is -0.377 e. The summed E-state index contributed by atoms with van der Waals surface area (Å²) in [7, 11) is 1.63. The molecule has 0 aromatic carbocycles. The summed E-state index contributed by atoms with van der Waals surface area (Å²) in [5, 5.41) is 2.87. The van der Waals surface area contributed by atoms with Crippen LogP contribution in [-0.2, 0) is 9.53 Å². The lowest BCUT2D eigenvalue weighted by Gasteiger charge is -2.29. The lowest BCUT2D eigenvalue weighted by Crippen LogP contribution is -2.48. The highest BCUT2D eigenvalue weighted by molar-refractivity contribution is 5.82. The molecule has 0 spiro atoms. The number of carbonyl (C=O) groups excluding carboxylic acids is 1. The van der Waals surface area contributed by atoms with E-state index in [0.29, 0.717) is 13.1 Å². The van der Waals surface area contributed by atoms with Crippen LogP contribution in [0.2, 0.25) is 0 Å². The molecule has 3 N–H and O–H groups in total. The third-order valence-electron chi connectivity index (χ3n) is 3.01. The second kappa shape index (κ2) is 5.47. The van der Waals surface area contributed by atoms with Crippen molar-refractivity contribution >= 4 is 5.91 Å². The molecule has 90 valence electrons. The van der Waals surface area contributed by atoms with Crippen LogP contribution in [-0.4, -0.2) is 31.7 Å². The molecular formula is C11H24N2O2. The minimum atomic E-state index is -0.468. The zero-order valence-corrected chi connectivity index (χ0v) is 10.5. The van der Waals surface area contributed by atoms with Crippen LogP contribution in [0.15, 0.2) is 0 Å². The first kappa shape index (κ1) is 14.4. The topological polar surface area (TPSA) is 64.4 Å². The zero-order valence-electron chi connectivity index (χ0n) is 10.5. The molecule has 0 aliphatic rings. The Morgan fingerprint density at radius 3 is 2.27 bits per heavy atom. The van der Waals surface area contributed by atoms with Gasteiger partial charge in [0.1, 0.15) is 0 Å². The summed E-state index contributed by atoms with van der Waals surface area (Å²) in [4.78, 5) is 11.8. The summed E-state index contributed by atoms with van der Waals surface area (Å²) in [5.41, 5.74) is 4.80. The molecule has 1 atom stereocenters. The maximum Gasteiger partial charge on any atom is 0.227 e. The summed E-state index contributed by atoms with van der Waals surface area (Å²) < 4.78 is 5.22. The van der Waals surface area contributed by atoms with Crippen LogP contribution < -0.4 is 11.1 Å². The van der Waals surface area contributed by atoms with Crippen molar-refractivity contribution < 1.29 is 9.53 Å². The molecule has 0 saturated carbocycles. The van der Waals surface area contributed by atoms with Gasteiger partial charge >= 0.3 is 0 Å². The van der Waals surface area contributed by atoms with Crippen molar-refractivity contribution in [1.82, 2.24) is 5.32 Å². The molecule has 0 bridgehead atoms. The number of hydrogen-bond donors (Lipinski definition) is 2. The van der Waals surface area contributed by atoms with Gasteiger partial charge in [-0.25, -0.2) is 0 Å². The maximum absolute atomic E-state index is 11.8. The van der Waals surface area contributed by atoms with Gasteiger partial charge in [-0.05, 0) is 27.2 Å². The fourth-order valence-electron chi connectivity index (χ4n) is 0.976. The number of rotatable bonds is 6. The minimum absolute atomic E-state index is 0.00220. The maximum atomic E-state index is 11.8. The number of ether oxygens (including phenoxy) is 1. The second-order valence-corrected chi connectivity index (χ2v) is 4.76. The zero-order chi connectivity index (χ0) is 12.1. The van der Waals surface area contributed by atoms with Gasteiger partial charge < -0.3 is 15.8 Å². The third-order valence-corrected chi connectivity index (χ3v) is 3.01. The van der Waals surface area contributed by atoms with Crippen molar-refractivity contribution in [2.45, 2.75) is 39.7 Å². The summed E-state index contributed by atoms with van der Waals surface area (Å²) in [6, 6.07) is 0. The van der Waals surface area contributed by atoms with Crippen molar-refractivity contribution in [3.63, 3.8) is 0 Å². The van der Waals surface area contributed by atoms with E-state index in [0.717, 1.165) is 6.42 Å². The molecule has 1 amide bonds. The molecular weight excluding hydrogens is 192 g/mol. The molecule has 0 aromatic heterocycles. The molecule has 0 radical (unpaired) electrons. The highest BCUT2D eigenvalue weighted by Crippen LogP contribution is 2.19. The third kappa shape index (κ3) is 4.18. The number of amides is 1. The summed E-state index contributed by atoms with van der Waals surface area (Å²) in [6.45, 7) is 8.56. The highest BCUT2D eigenvalue weighted by Gasteiger charge is 2.30.